The summed E-state index contributed by atoms with van der Waals surface area (Å²) in [5.74, 6) is 0. The number of aromatic nitrogens is 2. The van der Waals surface area contributed by atoms with Gasteiger partial charge in [0.15, 0.2) is 0 Å². The largest absolute Gasteiger partial charge is 0.308 e. The van der Waals surface area contributed by atoms with Crippen molar-refractivity contribution in [3.63, 3.8) is 0 Å². The second-order valence-corrected chi connectivity index (χ2v) is 6.47. The van der Waals surface area contributed by atoms with E-state index >= 15 is 0 Å². The van der Waals surface area contributed by atoms with Gasteiger partial charge in [0.25, 0.3) is 0 Å². The van der Waals surface area contributed by atoms with E-state index in [1.807, 2.05) is 31.6 Å². The molecule has 106 valence electrons. The molecule has 3 nitrogen and oxygen atoms in total. The van der Waals surface area contributed by atoms with E-state index in [1.54, 1.807) is 0 Å². The summed E-state index contributed by atoms with van der Waals surface area (Å²) in [5.41, 5.74) is 3.08. The van der Waals surface area contributed by atoms with Crippen LogP contribution in [0.15, 0.2) is 57.7 Å². The first kappa shape index (κ1) is 14.6. The maximum atomic E-state index is 4.53. The van der Waals surface area contributed by atoms with Crippen LogP contribution in [-0.4, -0.2) is 17.0 Å². The van der Waals surface area contributed by atoms with E-state index in [-0.39, 0.29) is 6.04 Å². The van der Waals surface area contributed by atoms with E-state index in [1.165, 1.54) is 0 Å². The predicted octanol–water partition coefficient (Wildman–Crippen LogP) is 4.46. The number of pyridine rings is 2. The molecule has 3 rings (SSSR count). The minimum Gasteiger partial charge on any atom is -0.308 e. The Kier molecular flexibility index (Phi) is 4.33. The Morgan fingerprint density at radius 3 is 2.71 bits per heavy atom. The fourth-order valence-corrected chi connectivity index (χ4v) is 3.58. The maximum absolute atomic E-state index is 4.53. The lowest BCUT2D eigenvalue weighted by atomic mass is 10.0. The molecule has 0 saturated heterocycles. The van der Waals surface area contributed by atoms with Crippen LogP contribution in [0, 0.1) is 0 Å². The van der Waals surface area contributed by atoms with Gasteiger partial charge >= 0.3 is 0 Å². The molecule has 3 aromatic rings. The van der Waals surface area contributed by atoms with Crippen LogP contribution >= 0.6 is 31.9 Å². The van der Waals surface area contributed by atoms with E-state index in [0.29, 0.717) is 0 Å². The van der Waals surface area contributed by atoms with Crippen LogP contribution in [0.2, 0.25) is 0 Å². The Balaban J connectivity index is 2.09. The molecule has 0 aliphatic heterocycles. The summed E-state index contributed by atoms with van der Waals surface area (Å²) in [6, 6.07) is 12.3. The first-order chi connectivity index (χ1) is 10.2. The molecule has 0 aliphatic rings. The molecule has 1 atom stereocenters. The number of fused-ring (bicyclic) bond motifs is 1. The molecule has 1 N–H and O–H groups in total. The summed E-state index contributed by atoms with van der Waals surface area (Å²) in [6.07, 6.45) is 3.62. The van der Waals surface area contributed by atoms with E-state index in [4.69, 9.17) is 0 Å². The highest BCUT2D eigenvalue weighted by atomic mass is 79.9. The lowest BCUT2D eigenvalue weighted by Gasteiger charge is -2.18. The number of rotatable bonds is 3. The standard InChI is InChI=1S/C16H13Br2N3/c1-19-15(16-13(18)8-12(17)9-21-16)11-5-4-10-3-2-6-20-14(10)7-11/h2-9,15,19H,1H3. The fraction of sp³-hybridized carbons (Fsp3) is 0.125. The van der Waals surface area contributed by atoms with Gasteiger partial charge in [-0.05, 0) is 62.7 Å². The van der Waals surface area contributed by atoms with Crippen molar-refractivity contribution in [3.05, 3.63) is 69.0 Å². The number of hydrogen-bond acceptors (Lipinski definition) is 3. The molecule has 1 unspecified atom stereocenters. The molecule has 1 aromatic carbocycles. The third kappa shape index (κ3) is 3.00. The predicted molar refractivity (Wildman–Crippen MR) is 92.3 cm³/mol. The molecule has 0 amide bonds. The summed E-state index contributed by atoms with van der Waals surface area (Å²) in [5, 5.41) is 4.46. The Morgan fingerprint density at radius 2 is 1.95 bits per heavy atom. The van der Waals surface area contributed by atoms with Crippen molar-refractivity contribution in [2.24, 2.45) is 0 Å². The average Bonchev–Trinajstić information content (AvgIpc) is 2.50. The highest BCUT2D eigenvalue weighted by molar-refractivity contribution is 9.11. The molecular weight excluding hydrogens is 394 g/mol. The van der Waals surface area contributed by atoms with Crippen molar-refractivity contribution in [1.29, 1.82) is 0 Å². The molecule has 0 spiro atoms. The molecular formula is C16H13Br2N3. The number of benzene rings is 1. The van der Waals surface area contributed by atoms with E-state index in [0.717, 1.165) is 31.1 Å². The lowest BCUT2D eigenvalue weighted by Crippen LogP contribution is -2.19. The molecule has 21 heavy (non-hydrogen) atoms. The van der Waals surface area contributed by atoms with Gasteiger partial charge in [0.2, 0.25) is 0 Å². The number of hydrogen-bond donors (Lipinski definition) is 1. The lowest BCUT2D eigenvalue weighted by molar-refractivity contribution is 0.668. The molecule has 0 bridgehead atoms. The highest BCUT2D eigenvalue weighted by Gasteiger charge is 2.17. The maximum Gasteiger partial charge on any atom is 0.0761 e. The number of nitrogens with one attached hydrogen (secondary N) is 1. The van der Waals surface area contributed by atoms with Gasteiger partial charge in [-0.15, -0.1) is 0 Å². The Bertz CT molecular complexity index is 789. The SMILES string of the molecule is CNC(c1ccc2cccnc2c1)c1ncc(Br)cc1Br. The first-order valence-electron chi connectivity index (χ1n) is 6.52. The van der Waals surface area contributed by atoms with Gasteiger partial charge in [-0.1, -0.05) is 18.2 Å². The molecule has 0 fully saturated rings. The van der Waals surface area contributed by atoms with Gasteiger partial charge in [-0.3, -0.25) is 9.97 Å². The number of nitrogens with zero attached hydrogens (tertiary/aromatic N) is 2. The quantitative estimate of drug-likeness (QED) is 0.697. The Morgan fingerprint density at radius 1 is 1.10 bits per heavy atom. The summed E-state index contributed by atoms with van der Waals surface area (Å²) in [6.45, 7) is 0. The first-order valence-corrected chi connectivity index (χ1v) is 8.10. The van der Waals surface area contributed by atoms with Crippen LogP contribution in [0.25, 0.3) is 10.9 Å². The average molecular weight is 407 g/mol. The zero-order chi connectivity index (χ0) is 14.8. The van der Waals surface area contributed by atoms with Crippen molar-refractivity contribution in [2.45, 2.75) is 6.04 Å². The smallest absolute Gasteiger partial charge is 0.0761 e. The van der Waals surface area contributed by atoms with Crippen LogP contribution in [0.4, 0.5) is 0 Å². The molecule has 0 saturated carbocycles. The normalized spacial score (nSPS) is 12.5. The summed E-state index contributed by atoms with van der Waals surface area (Å²) < 4.78 is 1.92. The van der Waals surface area contributed by atoms with Crippen molar-refractivity contribution in [1.82, 2.24) is 15.3 Å². The van der Waals surface area contributed by atoms with Crippen LogP contribution in [0.5, 0.6) is 0 Å². The van der Waals surface area contributed by atoms with Gasteiger partial charge < -0.3 is 5.32 Å². The van der Waals surface area contributed by atoms with Crippen molar-refractivity contribution < 1.29 is 0 Å². The monoisotopic (exact) mass is 405 g/mol. The Labute approximate surface area is 140 Å². The van der Waals surface area contributed by atoms with Gasteiger partial charge in [0.05, 0.1) is 17.3 Å². The van der Waals surface area contributed by atoms with Crippen LogP contribution in [0.3, 0.4) is 0 Å². The van der Waals surface area contributed by atoms with Crippen LogP contribution < -0.4 is 5.32 Å². The summed E-state index contributed by atoms with van der Waals surface area (Å²) in [7, 11) is 1.93. The van der Waals surface area contributed by atoms with Gasteiger partial charge in [-0.2, -0.15) is 0 Å². The minimum atomic E-state index is 0.0129. The zero-order valence-electron chi connectivity index (χ0n) is 11.3. The molecule has 2 heterocycles. The van der Waals surface area contributed by atoms with E-state index in [9.17, 15) is 0 Å². The Hall–Kier alpha value is -1.30. The zero-order valence-corrected chi connectivity index (χ0v) is 14.5. The molecule has 2 aromatic heterocycles. The second-order valence-electron chi connectivity index (χ2n) is 4.70. The molecule has 0 aliphatic carbocycles. The number of halogens is 2. The third-order valence-electron chi connectivity index (χ3n) is 3.36. The fourth-order valence-electron chi connectivity index (χ4n) is 2.36. The van der Waals surface area contributed by atoms with Crippen molar-refractivity contribution >= 4 is 42.8 Å². The van der Waals surface area contributed by atoms with E-state index in [2.05, 4.69) is 71.4 Å². The minimum absolute atomic E-state index is 0.0129. The summed E-state index contributed by atoms with van der Waals surface area (Å²) in [4.78, 5) is 8.95. The topological polar surface area (TPSA) is 37.8 Å². The van der Waals surface area contributed by atoms with Crippen LogP contribution in [0.1, 0.15) is 17.3 Å². The molecule has 0 radical (unpaired) electrons. The highest BCUT2D eigenvalue weighted by Crippen LogP contribution is 2.29. The van der Waals surface area contributed by atoms with Crippen molar-refractivity contribution in [3.8, 4) is 0 Å². The van der Waals surface area contributed by atoms with Gasteiger partial charge in [-0.25, -0.2) is 0 Å². The van der Waals surface area contributed by atoms with Crippen molar-refractivity contribution in [2.75, 3.05) is 7.05 Å². The van der Waals surface area contributed by atoms with Crippen LogP contribution in [-0.2, 0) is 0 Å². The van der Waals surface area contributed by atoms with Gasteiger partial charge in [0, 0.05) is 26.7 Å². The molecule has 5 heteroatoms. The second kappa shape index (κ2) is 6.22. The van der Waals surface area contributed by atoms with Gasteiger partial charge in [0.1, 0.15) is 0 Å². The van der Waals surface area contributed by atoms with E-state index < -0.39 is 0 Å². The summed E-state index contributed by atoms with van der Waals surface area (Å²) >= 11 is 7.02. The third-order valence-corrected chi connectivity index (χ3v) is 4.43.